The summed E-state index contributed by atoms with van der Waals surface area (Å²) in [6.45, 7) is 0.937. The fraction of sp³-hybridized carbons (Fsp3) is 0.333. The van der Waals surface area contributed by atoms with Gasteiger partial charge in [0.25, 0.3) is 0 Å². The number of methoxy groups -OCH3 is 1. The number of nitrogens with zero attached hydrogens (tertiary/aromatic N) is 3. The van der Waals surface area contributed by atoms with Gasteiger partial charge in [-0.05, 0) is 25.2 Å². The van der Waals surface area contributed by atoms with Crippen LogP contribution in [0, 0.1) is 22.7 Å². The van der Waals surface area contributed by atoms with Gasteiger partial charge in [0.2, 0.25) is 0 Å². The molecule has 0 fully saturated rings. The van der Waals surface area contributed by atoms with E-state index in [2.05, 4.69) is 12.1 Å². The molecule has 0 heterocycles. The molecular formula is C12H13N3O. The van der Waals surface area contributed by atoms with E-state index in [1.807, 2.05) is 11.9 Å². The fourth-order valence-corrected chi connectivity index (χ4v) is 1.44. The predicted molar refractivity (Wildman–Crippen MR) is 59.7 cm³/mol. The molecule has 16 heavy (non-hydrogen) atoms. The largest absolute Gasteiger partial charge is 0.496 e. The Hall–Kier alpha value is -2.04. The number of nitriles is 2. The number of benzene rings is 1. The molecule has 0 radical (unpaired) electrons. The highest BCUT2D eigenvalue weighted by Gasteiger charge is 2.07. The van der Waals surface area contributed by atoms with Crippen LogP contribution in [0.25, 0.3) is 0 Å². The van der Waals surface area contributed by atoms with Crippen LogP contribution in [0.3, 0.4) is 0 Å². The van der Waals surface area contributed by atoms with Gasteiger partial charge in [0, 0.05) is 12.1 Å². The van der Waals surface area contributed by atoms with Crippen molar-refractivity contribution in [3.8, 4) is 17.9 Å². The van der Waals surface area contributed by atoms with Gasteiger partial charge in [-0.15, -0.1) is 0 Å². The SMILES string of the molecule is COc1ccc(C#N)cc1CN(C)CC#N. The quantitative estimate of drug-likeness (QED) is 0.714. The molecular weight excluding hydrogens is 202 g/mol. The first-order chi connectivity index (χ1) is 7.71. The lowest BCUT2D eigenvalue weighted by atomic mass is 10.1. The first-order valence-corrected chi connectivity index (χ1v) is 4.83. The monoisotopic (exact) mass is 215 g/mol. The van der Waals surface area contributed by atoms with E-state index in [0.717, 1.165) is 11.3 Å². The van der Waals surface area contributed by atoms with E-state index in [-0.39, 0.29) is 0 Å². The summed E-state index contributed by atoms with van der Waals surface area (Å²) in [5.41, 5.74) is 1.51. The number of hydrogen-bond acceptors (Lipinski definition) is 4. The molecule has 0 bridgehead atoms. The predicted octanol–water partition coefficient (Wildman–Crippen LogP) is 1.52. The normalized spacial score (nSPS) is 9.56. The lowest BCUT2D eigenvalue weighted by Gasteiger charge is -2.15. The van der Waals surface area contributed by atoms with E-state index in [4.69, 9.17) is 15.3 Å². The average molecular weight is 215 g/mol. The Balaban J connectivity index is 2.93. The summed E-state index contributed by atoms with van der Waals surface area (Å²) >= 11 is 0. The molecule has 4 nitrogen and oxygen atoms in total. The minimum Gasteiger partial charge on any atom is -0.496 e. The van der Waals surface area contributed by atoms with Gasteiger partial charge in [0.15, 0.2) is 0 Å². The maximum Gasteiger partial charge on any atom is 0.123 e. The maximum absolute atomic E-state index is 8.81. The zero-order valence-corrected chi connectivity index (χ0v) is 9.40. The van der Waals surface area contributed by atoms with Crippen LogP contribution in [0.2, 0.25) is 0 Å². The maximum atomic E-state index is 8.81. The van der Waals surface area contributed by atoms with Crippen molar-refractivity contribution < 1.29 is 4.74 Å². The third-order valence-electron chi connectivity index (χ3n) is 2.19. The molecule has 0 spiro atoms. The molecule has 0 amide bonds. The van der Waals surface area contributed by atoms with Crippen LogP contribution in [0.4, 0.5) is 0 Å². The Bertz CT molecular complexity index is 443. The number of ether oxygens (including phenoxy) is 1. The standard InChI is InChI=1S/C12H13N3O/c1-15(6-5-13)9-11-7-10(8-14)3-4-12(11)16-2/h3-4,7H,6,9H2,1-2H3. The van der Waals surface area contributed by atoms with Gasteiger partial charge in [-0.2, -0.15) is 10.5 Å². The molecule has 0 saturated heterocycles. The van der Waals surface area contributed by atoms with Gasteiger partial charge in [0.05, 0.1) is 31.4 Å². The zero-order chi connectivity index (χ0) is 12.0. The van der Waals surface area contributed by atoms with E-state index in [1.54, 1.807) is 25.3 Å². The topological polar surface area (TPSA) is 60.0 Å². The Labute approximate surface area is 95.3 Å². The summed E-state index contributed by atoms with van der Waals surface area (Å²) in [6, 6.07) is 9.43. The first kappa shape index (κ1) is 12.0. The second kappa shape index (κ2) is 5.75. The van der Waals surface area contributed by atoms with Gasteiger partial charge in [0.1, 0.15) is 5.75 Å². The second-order valence-corrected chi connectivity index (χ2v) is 3.47. The number of rotatable bonds is 4. The third kappa shape index (κ3) is 2.98. The molecule has 0 N–H and O–H groups in total. The van der Waals surface area contributed by atoms with Crippen LogP contribution in [-0.2, 0) is 6.54 Å². The van der Waals surface area contributed by atoms with Crippen LogP contribution >= 0.6 is 0 Å². The van der Waals surface area contributed by atoms with Gasteiger partial charge >= 0.3 is 0 Å². The van der Waals surface area contributed by atoms with E-state index in [0.29, 0.717) is 18.7 Å². The first-order valence-electron chi connectivity index (χ1n) is 4.83. The smallest absolute Gasteiger partial charge is 0.123 e. The summed E-state index contributed by atoms with van der Waals surface area (Å²) in [5, 5.41) is 17.4. The Morgan fingerprint density at radius 2 is 2.12 bits per heavy atom. The molecule has 1 rings (SSSR count). The van der Waals surface area contributed by atoms with Crippen molar-refractivity contribution in [1.29, 1.82) is 10.5 Å². The van der Waals surface area contributed by atoms with Crippen LogP contribution in [0.15, 0.2) is 18.2 Å². The highest BCUT2D eigenvalue weighted by Crippen LogP contribution is 2.20. The van der Waals surface area contributed by atoms with E-state index in [9.17, 15) is 0 Å². The molecule has 0 saturated carbocycles. The third-order valence-corrected chi connectivity index (χ3v) is 2.19. The van der Waals surface area contributed by atoms with E-state index >= 15 is 0 Å². The Morgan fingerprint density at radius 1 is 1.38 bits per heavy atom. The molecule has 1 aromatic rings. The Kier molecular flexibility index (Phi) is 4.32. The van der Waals surface area contributed by atoms with Gasteiger partial charge < -0.3 is 4.74 Å². The summed E-state index contributed by atoms with van der Waals surface area (Å²) in [7, 11) is 3.44. The molecule has 0 aliphatic rings. The highest BCUT2D eigenvalue weighted by molar-refractivity contribution is 5.42. The van der Waals surface area contributed by atoms with E-state index in [1.165, 1.54) is 0 Å². The van der Waals surface area contributed by atoms with Crippen molar-refractivity contribution in [1.82, 2.24) is 4.90 Å². The van der Waals surface area contributed by atoms with Crippen molar-refractivity contribution in [3.63, 3.8) is 0 Å². The lowest BCUT2D eigenvalue weighted by molar-refractivity contribution is 0.350. The van der Waals surface area contributed by atoms with Gasteiger partial charge in [-0.3, -0.25) is 4.90 Å². The molecule has 0 aromatic heterocycles. The minimum absolute atomic E-state index is 0.347. The summed E-state index contributed by atoms with van der Waals surface area (Å²) < 4.78 is 5.20. The summed E-state index contributed by atoms with van der Waals surface area (Å²) in [4.78, 5) is 1.86. The van der Waals surface area contributed by atoms with Crippen LogP contribution in [0.1, 0.15) is 11.1 Å². The summed E-state index contributed by atoms with van der Waals surface area (Å²) in [6.07, 6.45) is 0. The van der Waals surface area contributed by atoms with Crippen LogP contribution in [-0.4, -0.2) is 25.6 Å². The van der Waals surface area contributed by atoms with Gasteiger partial charge in [-0.1, -0.05) is 0 Å². The lowest BCUT2D eigenvalue weighted by Crippen LogP contribution is -2.18. The average Bonchev–Trinajstić information content (AvgIpc) is 2.29. The molecule has 0 atom stereocenters. The highest BCUT2D eigenvalue weighted by atomic mass is 16.5. The molecule has 1 aromatic carbocycles. The van der Waals surface area contributed by atoms with Crippen molar-refractivity contribution in [2.75, 3.05) is 20.7 Å². The van der Waals surface area contributed by atoms with Crippen molar-refractivity contribution >= 4 is 0 Å². The van der Waals surface area contributed by atoms with Crippen molar-refractivity contribution in [2.24, 2.45) is 0 Å². The Morgan fingerprint density at radius 3 is 2.69 bits per heavy atom. The zero-order valence-electron chi connectivity index (χ0n) is 9.40. The molecule has 4 heteroatoms. The van der Waals surface area contributed by atoms with Crippen molar-refractivity contribution in [2.45, 2.75) is 6.54 Å². The second-order valence-electron chi connectivity index (χ2n) is 3.47. The van der Waals surface area contributed by atoms with E-state index < -0.39 is 0 Å². The number of hydrogen-bond donors (Lipinski definition) is 0. The van der Waals surface area contributed by atoms with Crippen molar-refractivity contribution in [3.05, 3.63) is 29.3 Å². The van der Waals surface area contributed by atoms with Crippen LogP contribution in [0.5, 0.6) is 5.75 Å². The summed E-state index contributed by atoms with van der Waals surface area (Å²) in [5.74, 6) is 0.740. The molecule has 0 aliphatic heterocycles. The fourth-order valence-electron chi connectivity index (χ4n) is 1.44. The van der Waals surface area contributed by atoms with Gasteiger partial charge in [-0.25, -0.2) is 0 Å². The molecule has 0 unspecified atom stereocenters. The molecule has 82 valence electrons. The molecule has 0 aliphatic carbocycles. The minimum atomic E-state index is 0.347. The van der Waals surface area contributed by atoms with Crippen LogP contribution < -0.4 is 4.74 Å².